The van der Waals surface area contributed by atoms with Crippen LogP contribution in [0.1, 0.15) is 118 Å². The largest absolute Gasteiger partial charge is 0.494 e. The Balaban J connectivity index is 1.36. The van der Waals surface area contributed by atoms with Gasteiger partial charge in [-0.2, -0.15) is 0 Å². The number of esters is 2. The van der Waals surface area contributed by atoms with E-state index >= 15 is 0 Å². The molecule has 0 atom stereocenters. The minimum absolute atomic E-state index is 0.0165. The first kappa shape index (κ1) is 30.5. The molecule has 0 heterocycles. The number of rotatable bonds is 17. The van der Waals surface area contributed by atoms with Gasteiger partial charge in [-0.05, 0) is 99.4 Å². The molecule has 0 aliphatic heterocycles. The van der Waals surface area contributed by atoms with Gasteiger partial charge in [0.05, 0.1) is 17.7 Å². The number of benzene rings is 2. The highest BCUT2D eigenvalue weighted by molar-refractivity contribution is 5.92. The summed E-state index contributed by atoms with van der Waals surface area (Å²) < 4.78 is 17.0. The number of ether oxygens (including phenoxy) is 3. The average molecular weight is 535 g/mol. The van der Waals surface area contributed by atoms with E-state index in [1.54, 1.807) is 48.5 Å². The van der Waals surface area contributed by atoms with E-state index in [1.165, 1.54) is 51.4 Å². The molecule has 3 rings (SSSR count). The summed E-state index contributed by atoms with van der Waals surface area (Å²) >= 11 is 0. The SMILES string of the molecule is C=CCCCC[C@H]1CC[C@H](OC(=O)c2ccc(OC(=O)c3ccc(OCCCCCCCC)cc3)cc2)CC1. The van der Waals surface area contributed by atoms with Crippen molar-refractivity contribution in [3.8, 4) is 11.5 Å². The number of hydrogen-bond acceptors (Lipinski definition) is 5. The molecule has 1 fully saturated rings. The van der Waals surface area contributed by atoms with E-state index in [0.717, 1.165) is 50.2 Å². The highest BCUT2D eigenvalue weighted by Crippen LogP contribution is 2.30. The van der Waals surface area contributed by atoms with Crippen LogP contribution in [0.2, 0.25) is 0 Å². The Morgan fingerprint density at radius 2 is 1.38 bits per heavy atom. The van der Waals surface area contributed by atoms with Crippen LogP contribution in [0.15, 0.2) is 61.2 Å². The maximum absolute atomic E-state index is 12.6. The van der Waals surface area contributed by atoms with Gasteiger partial charge in [0.2, 0.25) is 0 Å². The number of carbonyl (C=O) groups excluding carboxylic acids is 2. The molecule has 212 valence electrons. The molecule has 0 spiro atoms. The van der Waals surface area contributed by atoms with E-state index in [9.17, 15) is 9.59 Å². The van der Waals surface area contributed by atoms with Crippen LogP contribution >= 0.6 is 0 Å². The molecule has 0 aromatic heterocycles. The second kappa shape index (κ2) is 17.5. The number of carbonyl (C=O) groups is 2. The molecule has 1 aliphatic carbocycles. The van der Waals surface area contributed by atoms with Gasteiger partial charge in [0.25, 0.3) is 0 Å². The maximum Gasteiger partial charge on any atom is 0.343 e. The van der Waals surface area contributed by atoms with Gasteiger partial charge >= 0.3 is 11.9 Å². The summed E-state index contributed by atoms with van der Waals surface area (Å²) in [4.78, 5) is 25.2. The van der Waals surface area contributed by atoms with Crippen molar-refractivity contribution in [1.29, 1.82) is 0 Å². The Labute approximate surface area is 234 Å². The molecule has 5 nitrogen and oxygen atoms in total. The van der Waals surface area contributed by atoms with E-state index in [0.29, 0.717) is 23.5 Å². The van der Waals surface area contributed by atoms with Crippen LogP contribution in [0.25, 0.3) is 0 Å². The molecule has 1 saturated carbocycles. The van der Waals surface area contributed by atoms with Gasteiger partial charge in [0.15, 0.2) is 0 Å². The van der Waals surface area contributed by atoms with Crippen molar-refractivity contribution < 1.29 is 23.8 Å². The van der Waals surface area contributed by atoms with Crippen molar-refractivity contribution in [2.75, 3.05) is 6.61 Å². The predicted molar refractivity (Wildman–Crippen MR) is 157 cm³/mol. The molecule has 1 aliphatic rings. The topological polar surface area (TPSA) is 61.8 Å². The van der Waals surface area contributed by atoms with Gasteiger partial charge in [0, 0.05) is 0 Å². The molecule has 39 heavy (non-hydrogen) atoms. The van der Waals surface area contributed by atoms with Crippen molar-refractivity contribution in [2.24, 2.45) is 5.92 Å². The first-order valence-electron chi connectivity index (χ1n) is 15.0. The van der Waals surface area contributed by atoms with Crippen molar-refractivity contribution in [3.05, 3.63) is 72.3 Å². The predicted octanol–water partition coefficient (Wildman–Crippen LogP) is 9.11. The third-order valence-electron chi connectivity index (χ3n) is 7.50. The second-order valence-electron chi connectivity index (χ2n) is 10.7. The van der Waals surface area contributed by atoms with Crippen molar-refractivity contribution in [2.45, 2.75) is 103 Å². The first-order valence-corrected chi connectivity index (χ1v) is 15.0. The van der Waals surface area contributed by atoms with Crippen molar-refractivity contribution >= 4 is 11.9 Å². The smallest absolute Gasteiger partial charge is 0.343 e. The molecule has 0 bridgehead atoms. The quantitative estimate of drug-likeness (QED) is 0.0876. The molecule has 0 radical (unpaired) electrons. The van der Waals surface area contributed by atoms with Gasteiger partial charge in [-0.15, -0.1) is 6.58 Å². The van der Waals surface area contributed by atoms with Gasteiger partial charge in [0.1, 0.15) is 17.6 Å². The number of hydrogen-bond donors (Lipinski definition) is 0. The Kier molecular flexibility index (Phi) is 13.7. The van der Waals surface area contributed by atoms with Crippen LogP contribution in [-0.2, 0) is 4.74 Å². The zero-order valence-electron chi connectivity index (χ0n) is 23.7. The summed E-state index contributed by atoms with van der Waals surface area (Å²) in [6, 6.07) is 13.6. The summed E-state index contributed by atoms with van der Waals surface area (Å²) in [6.07, 6.45) is 18.2. The fourth-order valence-corrected chi connectivity index (χ4v) is 5.06. The van der Waals surface area contributed by atoms with Crippen molar-refractivity contribution in [3.63, 3.8) is 0 Å². The molecule has 2 aromatic rings. The zero-order valence-corrected chi connectivity index (χ0v) is 23.7. The van der Waals surface area contributed by atoms with Crippen molar-refractivity contribution in [1.82, 2.24) is 0 Å². The van der Waals surface area contributed by atoms with E-state index in [1.807, 2.05) is 6.08 Å². The monoisotopic (exact) mass is 534 g/mol. The highest BCUT2D eigenvalue weighted by atomic mass is 16.5. The number of unbranched alkanes of at least 4 members (excludes halogenated alkanes) is 7. The Hall–Kier alpha value is -3.08. The summed E-state index contributed by atoms with van der Waals surface area (Å²) in [5.41, 5.74) is 0.912. The normalized spacial score (nSPS) is 16.8. The molecule has 0 unspecified atom stereocenters. The van der Waals surface area contributed by atoms with Crippen LogP contribution in [0.5, 0.6) is 11.5 Å². The molecule has 2 aromatic carbocycles. The summed E-state index contributed by atoms with van der Waals surface area (Å²) in [5.74, 6) is 1.11. The molecule has 0 amide bonds. The molecule has 5 heteroatoms. The Bertz CT molecular complexity index is 987. The summed E-state index contributed by atoms with van der Waals surface area (Å²) in [5, 5.41) is 0. The minimum atomic E-state index is -0.450. The van der Waals surface area contributed by atoms with Crippen LogP contribution in [-0.4, -0.2) is 24.6 Å². The Morgan fingerprint density at radius 1 is 0.769 bits per heavy atom. The first-order chi connectivity index (χ1) is 19.1. The molecule has 0 saturated heterocycles. The van der Waals surface area contributed by atoms with E-state index < -0.39 is 5.97 Å². The average Bonchev–Trinajstić information content (AvgIpc) is 2.96. The summed E-state index contributed by atoms with van der Waals surface area (Å²) in [6.45, 7) is 6.68. The number of allylic oxidation sites excluding steroid dienone is 1. The van der Waals surface area contributed by atoms with Crippen LogP contribution in [0, 0.1) is 5.92 Å². The molecular formula is C34H46O5. The molecular weight excluding hydrogens is 488 g/mol. The highest BCUT2D eigenvalue weighted by Gasteiger charge is 2.24. The lowest BCUT2D eigenvalue weighted by atomic mass is 9.84. The molecule has 0 N–H and O–H groups in total. The van der Waals surface area contributed by atoms with E-state index in [2.05, 4.69) is 13.5 Å². The minimum Gasteiger partial charge on any atom is -0.494 e. The standard InChI is InChI=1S/C34H46O5/c1-3-5-7-9-10-12-26-37-30-22-16-28(17-23-30)33(35)39-32-24-18-29(19-25-32)34(36)38-31-20-14-27(15-21-31)13-11-8-6-4-2/h4,16-19,22-25,27,31H,2-3,5-15,20-21,26H2,1H3/t27-,31-. The third kappa shape index (κ3) is 11.3. The van der Waals surface area contributed by atoms with Gasteiger partial charge in [-0.1, -0.05) is 57.9 Å². The van der Waals surface area contributed by atoms with E-state index in [4.69, 9.17) is 14.2 Å². The van der Waals surface area contributed by atoms with Gasteiger partial charge in [-0.3, -0.25) is 0 Å². The van der Waals surface area contributed by atoms with E-state index in [-0.39, 0.29) is 12.1 Å². The van der Waals surface area contributed by atoms with Gasteiger partial charge in [-0.25, -0.2) is 9.59 Å². The summed E-state index contributed by atoms with van der Waals surface area (Å²) in [7, 11) is 0. The van der Waals surface area contributed by atoms with Gasteiger partial charge < -0.3 is 14.2 Å². The van der Waals surface area contributed by atoms with Crippen LogP contribution in [0.4, 0.5) is 0 Å². The third-order valence-corrected chi connectivity index (χ3v) is 7.50. The van der Waals surface area contributed by atoms with Crippen LogP contribution < -0.4 is 9.47 Å². The lowest BCUT2D eigenvalue weighted by molar-refractivity contribution is 0.0161. The second-order valence-corrected chi connectivity index (χ2v) is 10.7. The lowest BCUT2D eigenvalue weighted by Gasteiger charge is -2.28. The fraction of sp³-hybridized carbons (Fsp3) is 0.529. The fourth-order valence-electron chi connectivity index (χ4n) is 5.06. The lowest BCUT2D eigenvalue weighted by Crippen LogP contribution is -2.24. The zero-order chi connectivity index (χ0) is 27.7. The maximum atomic E-state index is 12.6. The van der Waals surface area contributed by atoms with Crippen LogP contribution in [0.3, 0.4) is 0 Å². The Morgan fingerprint density at radius 3 is 2.05 bits per heavy atom.